The van der Waals surface area contributed by atoms with Crippen molar-refractivity contribution in [3.8, 4) is 0 Å². The number of aryl methyl sites for hydroxylation is 1. The first-order valence-corrected chi connectivity index (χ1v) is 7.10. The molecule has 1 heterocycles. The zero-order valence-corrected chi connectivity index (χ0v) is 11.6. The Morgan fingerprint density at radius 3 is 2.75 bits per heavy atom. The monoisotopic (exact) mass is 294 g/mol. The Balaban J connectivity index is 1.80. The summed E-state index contributed by atoms with van der Waals surface area (Å²) in [7, 11) is 0. The third-order valence-electron chi connectivity index (χ3n) is 3.12. The molecule has 0 aliphatic heterocycles. The maximum absolute atomic E-state index is 13.1. The number of nitrogens with zero attached hydrogens (tertiary/aromatic N) is 1. The molecule has 20 heavy (non-hydrogen) atoms. The Morgan fingerprint density at radius 2 is 2.10 bits per heavy atom. The highest BCUT2D eigenvalue weighted by atomic mass is 32.1. The van der Waals surface area contributed by atoms with Crippen LogP contribution in [0.5, 0.6) is 0 Å². The van der Waals surface area contributed by atoms with E-state index >= 15 is 0 Å². The van der Waals surface area contributed by atoms with Crippen molar-refractivity contribution in [3.63, 3.8) is 0 Å². The van der Waals surface area contributed by atoms with E-state index in [2.05, 4.69) is 10.3 Å². The molecule has 0 spiro atoms. The average Bonchev–Trinajstić information content (AvgIpc) is 3.17. The number of amides is 1. The minimum absolute atomic E-state index is 0.231. The van der Waals surface area contributed by atoms with Gasteiger partial charge in [-0.3, -0.25) is 4.79 Å². The number of thiazole rings is 1. The molecule has 2 aromatic rings. The Morgan fingerprint density at radius 1 is 1.35 bits per heavy atom. The average molecular weight is 294 g/mol. The van der Waals surface area contributed by atoms with Gasteiger partial charge in [-0.25, -0.2) is 13.8 Å². The summed E-state index contributed by atoms with van der Waals surface area (Å²) in [5, 5.41) is 3.55. The Kier molecular flexibility index (Phi) is 3.25. The summed E-state index contributed by atoms with van der Waals surface area (Å²) in [4.78, 5) is 17.0. The van der Waals surface area contributed by atoms with Gasteiger partial charge in [0.05, 0.1) is 10.7 Å². The van der Waals surface area contributed by atoms with Gasteiger partial charge in [0.25, 0.3) is 5.91 Å². The molecule has 0 unspecified atom stereocenters. The Bertz CT molecular complexity index is 680. The Labute approximate surface area is 118 Å². The van der Waals surface area contributed by atoms with Gasteiger partial charge >= 0.3 is 0 Å². The lowest BCUT2D eigenvalue weighted by atomic mass is 10.3. The van der Waals surface area contributed by atoms with Crippen molar-refractivity contribution >= 4 is 22.9 Å². The van der Waals surface area contributed by atoms with E-state index < -0.39 is 11.6 Å². The summed E-state index contributed by atoms with van der Waals surface area (Å²) in [5.41, 5.74) is 0.909. The van der Waals surface area contributed by atoms with Crippen LogP contribution in [-0.2, 0) is 0 Å². The van der Waals surface area contributed by atoms with Crippen LogP contribution in [0.4, 0.5) is 14.5 Å². The van der Waals surface area contributed by atoms with E-state index in [1.165, 1.54) is 17.4 Å². The predicted molar refractivity (Wildman–Crippen MR) is 73.1 cm³/mol. The summed E-state index contributed by atoms with van der Waals surface area (Å²) in [6, 6.07) is 3.28. The molecule has 1 N–H and O–H groups in total. The second kappa shape index (κ2) is 4.94. The van der Waals surface area contributed by atoms with Gasteiger partial charge < -0.3 is 5.32 Å². The number of carbonyl (C=O) groups excluding carboxylic acids is 1. The summed E-state index contributed by atoms with van der Waals surface area (Å²) in [6.45, 7) is 1.78. The van der Waals surface area contributed by atoms with Gasteiger partial charge in [0.2, 0.25) is 0 Å². The molecular formula is C14H12F2N2OS. The molecule has 0 saturated heterocycles. The quantitative estimate of drug-likeness (QED) is 0.934. The van der Waals surface area contributed by atoms with Crippen molar-refractivity contribution in [1.82, 2.24) is 4.98 Å². The van der Waals surface area contributed by atoms with Crippen LogP contribution in [0.15, 0.2) is 18.2 Å². The van der Waals surface area contributed by atoms with E-state index in [1.807, 2.05) is 0 Å². The van der Waals surface area contributed by atoms with Gasteiger partial charge in [0, 0.05) is 17.7 Å². The van der Waals surface area contributed by atoms with E-state index in [1.54, 1.807) is 6.92 Å². The molecule has 1 amide bonds. The van der Waals surface area contributed by atoms with E-state index in [4.69, 9.17) is 0 Å². The molecule has 6 heteroatoms. The number of rotatable bonds is 3. The fraction of sp³-hybridized carbons (Fsp3) is 0.286. The topological polar surface area (TPSA) is 42.0 Å². The number of hydrogen-bond donors (Lipinski definition) is 1. The van der Waals surface area contributed by atoms with E-state index in [-0.39, 0.29) is 11.6 Å². The van der Waals surface area contributed by atoms with Crippen LogP contribution in [0.1, 0.15) is 39.1 Å². The highest BCUT2D eigenvalue weighted by Gasteiger charge is 2.29. The van der Waals surface area contributed by atoms with E-state index in [0.29, 0.717) is 16.5 Å². The molecule has 1 aliphatic rings. The lowest BCUT2D eigenvalue weighted by molar-refractivity contribution is 0.103. The standard InChI is InChI=1S/C14H12F2N2OS/c1-7-12(20-14(17-7)8-2-3-8)13(19)18-9-4-5-10(15)11(16)6-9/h4-6,8H,2-3H2,1H3,(H,18,19). The largest absolute Gasteiger partial charge is 0.321 e. The smallest absolute Gasteiger partial charge is 0.267 e. The number of anilines is 1. The van der Waals surface area contributed by atoms with Crippen LogP contribution < -0.4 is 5.32 Å². The summed E-state index contributed by atoms with van der Waals surface area (Å²) in [5.74, 6) is -1.77. The first kappa shape index (κ1) is 13.2. The van der Waals surface area contributed by atoms with Gasteiger partial charge in [-0.15, -0.1) is 11.3 Å². The molecule has 1 aliphatic carbocycles. The number of aromatic nitrogens is 1. The minimum atomic E-state index is -0.984. The molecule has 1 aromatic heterocycles. The van der Waals surface area contributed by atoms with Crippen molar-refractivity contribution in [3.05, 3.63) is 45.4 Å². The predicted octanol–water partition coefficient (Wildman–Crippen LogP) is 3.86. The molecule has 3 rings (SSSR count). The maximum atomic E-state index is 13.1. The first-order chi connectivity index (χ1) is 9.54. The second-order valence-electron chi connectivity index (χ2n) is 4.82. The van der Waals surface area contributed by atoms with Gasteiger partial charge in [0.15, 0.2) is 11.6 Å². The minimum Gasteiger partial charge on any atom is -0.321 e. The number of nitrogens with one attached hydrogen (secondary N) is 1. The molecule has 0 radical (unpaired) electrons. The van der Waals surface area contributed by atoms with Crippen LogP contribution in [0, 0.1) is 18.6 Å². The van der Waals surface area contributed by atoms with Gasteiger partial charge in [-0.05, 0) is 31.9 Å². The Hall–Kier alpha value is -1.82. The van der Waals surface area contributed by atoms with Crippen molar-refractivity contribution in [2.24, 2.45) is 0 Å². The van der Waals surface area contributed by atoms with E-state index in [9.17, 15) is 13.6 Å². The van der Waals surface area contributed by atoms with Gasteiger partial charge in [-0.2, -0.15) is 0 Å². The molecule has 0 bridgehead atoms. The van der Waals surface area contributed by atoms with Crippen molar-refractivity contribution in [2.45, 2.75) is 25.7 Å². The third-order valence-corrected chi connectivity index (χ3v) is 4.44. The van der Waals surface area contributed by atoms with Crippen LogP contribution in [-0.4, -0.2) is 10.9 Å². The second-order valence-corrected chi connectivity index (χ2v) is 5.85. The summed E-state index contributed by atoms with van der Waals surface area (Å²) in [6.07, 6.45) is 2.24. The highest BCUT2D eigenvalue weighted by molar-refractivity contribution is 7.14. The lowest BCUT2D eigenvalue weighted by Crippen LogP contribution is -2.11. The number of benzene rings is 1. The fourth-order valence-electron chi connectivity index (χ4n) is 1.89. The van der Waals surface area contributed by atoms with Crippen LogP contribution in [0.3, 0.4) is 0 Å². The maximum Gasteiger partial charge on any atom is 0.267 e. The number of carbonyl (C=O) groups is 1. The summed E-state index contributed by atoms with van der Waals surface area (Å²) < 4.78 is 25.9. The van der Waals surface area contributed by atoms with Gasteiger partial charge in [0.1, 0.15) is 4.88 Å². The number of halogens is 2. The third kappa shape index (κ3) is 2.56. The van der Waals surface area contributed by atoms with Gasteiger partial charge in [-0.1, -0.05) is 0 Å². The van der Waals surface area contributed by atoms with E-state index in [0.717, 1.165) is 30.0 Å². The number of hydrogen-bond acceptors (Lipinski definition) is 3. The zero-order chi connectivity index (χ0) is 14.3. The molecular weight excluding hydrogens is 282 g/mol. The first-order valence-electron chi connectivity index (χ1n) is 6.28. The van der Waals surface area contributed by atoms with Crippen LogP contribution >= 0.6 is 11.3 Å². The molecule has 1 saturated carbocycles. The van der Waals surface area contributed by atoms with Crippen LogP contribution in [0.2, 0.25) is 0 Å². The van der Waals surface area contributed by atoms with Crippen molar-refractivity contribution in [2.75, 3.05) is 5.32 Å². The van der Waals surface area contributed by atoms with Crippen molar-refractivity contribution < 1.29 is 13.6 Å². The van der Waals surface area contributed by atoms with Crippen LogP contribution in [0.25, 0.3) is 0 Å². The van der Waals surface area contributed by atoms with Crippen molar-refractivity contribution in [1.29, 1.82) is 0 Å². The molecule has 1 fully saturated rings. The fourth-order valence-corrected chi connectivity index (χ4v) is 3.03. The molecule has 104 valence electrons. The molecule has 0 atom stereocenters. The SMILES string of the molecule is Cc1nc(C2CC2)sc1C(=O)Nc1ccc(F)c(F)c1. The molecule has 1 aromatic carbocycles. The highest BCUT2D eigenvalue weighted by Crippen LogP contribution is 2.42. The normalized spacial score (nSPS) is 14.3. The molecule has 3 nitrogen and oxygen atoms in total. The zero-order valence-electron chi connectivity index (χ0n) is 10.7. The summed E-state index contributed by atoms with van der Waals surface area (Å²) >= 11 is 1.37. The lowest BCUT2D eigenvalue weighted by Gasteiger charge is -2.04.